The summed E-state index contributed by atoms with van der Waals surface area (Å²) in [6, 6.07) is 4.61. The topological polar surface area (TPSA) is 104 Å². The van der Waals surface area contributed by atoms with Crippen molar-refractivity contribution >= 4 is 17.0 Å². The van der Waals surface area contributed by atoms with Crippen LogP contribution in [0.5, 0.6) is 0 Å². The predicted molar refractivity (Wildman–Crippen MR) is 103 cm³/mol. The lowest BCUT2D eigenvalue weighted by Crippen LogP contribution is -2.39. The van der Waals surface area contributed by atoms with Crippen LogP contribution >= 0.6 is 0 Å². The van der Waals surface area contributed by atoms with Gasteiger partial charge in [0.2, 0.25) is 5.95 Å². The quantitative estimate of drug-likeness (QED) is 0.702. The van der Waals surface area contributed by atoms with Crippen molar-refractivity contribution in [1.82, 2.24) is 24.3 Å². The molecule has 9 heteroatoms. The summed E-state index contributed by atoms with van der Waals surface area (Å²) in [7, 11) is 1.66. The van der Waals surface area contributed by atoms with Crippen LogP contribution in [0.2, 0.25) is 0 Å². The Hall–Kier alpha value is -3.07. The van der Waals surface area contributed by atoms with E-state index in [1.54, 1.807) is 31.4 Å². The Bertz CT molecular complexity index is 1180. The van der Waals surface area contributed by atoms with Crippen LogP contribution in [0.15, 0.2) is 34.0 Å². The van der Waals surface area contributed by atoms with Crippen LogP contribution in [0.4, 0.5) is 5.95 Å². The van der Waals surface area contributed by atoms with Gasteiger partial charge in [0.1, 0.15) is 6.04 Å². The van der Waals surface area contributed by atoms with Gasteiger partial charge in [-0.1, -0.05) is 0 Å². The van der Waals surface area contributed by atoms with Gasteiger partial charge in [0, 0.05) is 19.3 Å². The highest BCUT2D eigenvalue weighted by molar-refractivity contribution is 5.74. The van der Waals surface area contributed by atoms with Gasteiger partial charge in [0.25, 0.3) is 11.1 Å². The molecule has 0 aromatic carbocycles. The van der Waals surface area contributed by atoms with E-state index in [0.717, 1.165) is 30.5 Å². The number of nitrogens with zero attached hydrogens (tertiary/aromatic N) is 5. The Balaban J connectivity index is 1.51. The molecule has 2 atom stereocenters. The molecular weight excluding hydrogens is 360 g/mol. The van der Waals surface area contributed by atoms with Crippen LogP contribution in [0.25, 0.3) is 11.0 Å². The molecule has 4 heterocycles. The first kappa shape index (κ1) is 17.1. The summed E-state index contributed by atoms with van der Waals surface area (Å²) in [6.45, 7) is 0.773. The molecule has 1 aliphatic heterocycles. The number of hydrogen-bond donors (Lipinski definition) is 1. The molecule has 2 aliphatic rings. The number of ether oxygens (including phenoxy) is 1. The Morgan fingerprint density at radius 1 is 1.25 bits per heavy atom. The van der Waals surface area contributed by atoms with E-state index in [4.69, 9.17) is 4.74 Å². The van der Waals surface area contributed by atoms with Crippen molar-refractivity contribution in [2.75, 3.05) is 18.5 Å². The van der Waals surface area contributed by atoms with Gasteiger partial charge in [0.15, 0.2) is 5.65 Å². The minimum atomic E-state index is -0.269. The molecule has 0 radical (unpaired) electrons. The summed E-state index contributed by atoms with van der Waals surface area (Å²) in [5, 5.41) is 8.34. The van der Waals surface area contributed by atoms with Gasteiger partial charge < -0.3 is 10.1 Å². The van der Waals surface area contributed by atoms with E-state index < -0.39 is 0 Å². The monoisotopic (exact) mass is 380 g/mol. The molecule has 28 heavy (non-hydrogen) atoms. The van der Waals surface area contributed by atoms with E-state index in [2.05, 4.69) is 20.4 Å². The van der Waals surface area contributed by atoms with Gasteiger partial charge in [-0.05, 0) is 37.0 Å². The zero-order valence-corrected chi connectivity index (χ0v) is 15.5. The molecule has 0 bridgehead atoms. The molecule has 1 fully saturated rings. The van der Waals surface area contributed by atoms with E-state index in [-0.39, 0.29) is 23.2 Å². The van der Waals surface area contributed by atoms with Crippen LogP contribution < -0.4 is 16.4 Å². The van der Waals surface area contributed by atoms with Crippen molar-refractivity contribution in [2.45, 2.75) is 31.3 Å². The fraction of sp³-hybridized carbons (Fsp3) is 0.421. The van der Waals surface area contributed by atoms with Crippen molar-refractivity contribution in [3.05, 3.63) is 56.4 Å². The van der Waals surface area contributed by atoms with Crippen LogP contribution in [0, 0.1) is 0 Å². The van der Waals surface area contributed by atoms with Crippen LogP contribution in [-0.2, 0) is 24.6 Å². The Morgan fingerprint density at radius 2 is 2.14 bits per heavy atom. The van der Waals surface area contributed by atoms with Crippen molar-refractivity contribution in [1.29, 1.82) is 0 Å². The van der Waals surface area contributed by atoms with Gasteiger partial charge in [0.05, 0.1) is 30.3 Å². The molecule has 1 aliphatic carbocycles. The fourth-order valence-electron chi connectivity index (χ4n) is 3.97. The van der Waals surface area contributed by atoms with Crippen molar-refractivity contribution < 1.29 is 4.74 Å². The molecule has 9 nitrogen and oxygen atoms in total. The number of fused-ring (bicyclic) bond motifs is 2. The van der Waals surface area contributed by atoms with E-state index in [9.17, 15) is 9.59 Å². The number of nitrogens with one attached hydrogen (secondary N) is 1. The van der Waals surface area contributed by atoms with Crippen molar-refractivity contribution in [3.8, 4) is 0 Å². The maximum atomic E-state index is 12.6. The predicted octanol–water partition coefficient (Wildman–Crippen LogP) is 0.426. The first-order chi connectivity index (χ1) is 13.6. The zero-order valence-electron chi connectivity index (χ0n) is 15.5. The number of hydrogen-bond acceptors (Lipinski definition) is 7. The van der Waals surface area contributed by atoms with Gasteiger partial charge >= 0.3 is 0 Å². The SMILES string of the molecule is Cn1c(NC2COCC2n2nc3c(cc2=O)CCC3)nc2ncccc2c1=O. The molecule has 144 valence electrons. The highest BCUT2D eigenvalue weighted by Gasteiger charge is 2.33. The Labute approximate surface area is 160 Å². The second kappa shape index (κ2) is 6.52. The maximum Gasteiger partial charge on any atom is 0.267 e. The Morgan fingerprint density at radius 3 is 3.04 bits per heavy atom. The lowest BCUT2D eigenvalue weighted by Gasteiger charge is -2.22. The second-order valence-electron chi connectivity index (χ2n) is 7.28. The highest BCUT2D eigenvalue weighted by Crippen LogP contribution is 2.23. The molecular formula is C19H20N6O3. The summed E-state index contributed by atoms with van der Waals surface area (Å²) in [5.74, 6) is 0.394. The minimum Gasteiger partial charge on any atom is -0.377 e. The average molecular weight is 380 g/mol. The van der Waals surface area contributed by atoms with E-state index in [1.807, 2.05) is 0 Å². The summed E-state index contributed by atoms with van der Waals surface area (Å²) in [5.41, 5.74) is 2.13. The van der Waals surface area contributed by atoms with E-state index in [1.165, 1.54) is 9.25 Å². The van der Waals surface area contributed by atoms with Crippen LogP contribution in [-0.4, -0.2) is 43.6 Å². The number of rotatable bonds is 3. The molecule has 0 saturated carbocycles. The molecule has 0 spiro atoms. The highest BCUT2D eigenvalue weighted by atomic mass is 16.5. The third kappa shape index (κ3) is 2.70. The maximum absolute atomic E-state index is 12.6. The first-order valence-electron chi connectivity index (χ1n) is 9.39. The van der Waals surface area contributed by atoms with Gasteiger partial charge in [-0.3, -0.25) is 14.2 Å². The van der Waals surface area contributed by atoms with Crippen LogP contribution in [0.1, 0.15) is 23.7 Å². The summed E-state index contributed by atoms with van der Waals surface area (Å²) < 4.78 is 8.61. The summed E-state index contributed by atoms with van der Waals surface area (Å²) >= 11 is 0. The first-order valence-corrected chi connectivity index (χ1v) is 9.39. The fourth-order valence-corrected chi connectivity index (χ4v) is 3.97. The second-order valence-corrected chi connectivity index (χ2v) is 7.28. The number of aryl methyl sites for hydroxylation is 2. The third-order valence-corrected chi connectivity index (χ3v) is 5.51. The van der Waals surface area contributed by atoms with Gasteiger partial charge in [-0.2, -0.15) is 10.1 Å². The van der Waals surface area contributed by atoms with Crippen molar-refractivity contribution in [3.63, 3.8) is 0 Å². The van der Waals surface area contributed by atoms with Crippen LogP contribution in [0.3, 0.4) is 0 Å². The molecule has 1 saturated heterocycles. The molecule has 2 unspecified atom stereocenters. The average Bonchev–Trinajstić information content (AvgIpc) is 3.34. The third-order valence-electron chi connectivity index (χ3n) is 5.51. The van der Waals surface area contributed by atoms with Gasteiger partial charge in [-0.25, -0.2) is 9.67 Å². The van der Waals surface area contributed by atoms with E-state index in [0.29, 0.717) is 30.2 Å². The minimum absolute atomic E-state index is 0.120. The van der Waals surface area contributed by atoms with Gasteiger partial charge in [-0.15, -0.1) is 0 Å². The summed E-state index contributed by atoms with van der Waals surface area (Å²) in [4.78, 5) is 33.9. The largest absolute Gasteiger partial charge is 0.377 e. The number of anilines is 1. The molecule has 0 amide bonds. The molecule has 1 N–H and O–H groups in total. The zero-order chi connectivity index (χ0) is 19.3. The lowest BCUT2D eigenvalue weighted by molar-refractivity contribution is 0.182. The lowest BCUT2D eigenvalue weighted by atomic mass is 10.1. The smallest absolute Gasteiger partial charge is 0.267 e. The molecule has 5 rings (SSSR count). The molecule has 3 aromatic heterocycles. The number of aromatic nitrogens is 5. The number of pyridine rings is 1. The summed E-state index contributed by atoms with van der Waals surface area (Å²) in [6.07, 6.45) is 4.45. The van der Waals surface area contributed by atoms with Crippen molar-refractivity contribution in [2.24, 2.45) is 7.05 Å². The molecule has 3 aromatic rings. The normalized spacial score (nSPS) is 21.2. The Kier molecular flexibility index (Phi) is 3.97. The van der Waals surface area contributed by atoms with E-state index >= 15 is 0 Å². The standard InChI is InChI=1S/C19H20N6O3/c1-24-18(27)12-5-3-7-20-17(12)22-19(24)21-14-9-28-10-15(14)25-16(26)8-11-4-2-6-13(11)23-25/h3,5,7-8,14-15H,2,4,6,9-10H2,1H3,(H,20,21,22).